The van der Waals surface area contributed by atoms with Crippen LogP contribution in [-0.2, 0) is 23.8 Å². The molecule has 1 atom stereocenters. The third kappa shape index (κ3) is 39.9. The maximum Gasteiger partial charge on any atom is 0.407 e. The average Bonchev–Trinajstić information content (AvgIpc) is 3.19. The fraction of sp³-hybridized carbons (Fsp3) is 0.854. The fourth-order valence-electron chi connectivity index (χ4n) is 6.80. The normalized spacial score (nSPS) is 12.2. The number of hydrogen-bond donors (Lipinski definition) is 1. The van der Waals surface area contributed by atoms with E-state index in [1.807, 2.05) is 0 Å². The van der Waals surface area contributed by atoms with Crippen LogP contribution in [-0.4, -0.2) is 68.4 Å². The molecule has 1 unspecified atom stereocenters. The monoisotopic (exact) mass is 791 g/mol. The van der Waals surface area contributed by atoms with Gasteiger partial charge in [-0.2, -0.15) is 0 Å². The predicted octanol–water partition coefficient (Wildman–Crippen LogP) is 13.4. The highest BCUT2D eigenvalue weighted by Crippen LogP contribution is 2.13. The van der Waals surface area contributed by atoms with Crippen LogP contribution >= 0.6 is 0 Å². The van der Waals surface area contributed by atoms with E-state index in [4.69, 9.17) is 14.2 Å². The lowest BCUT2D eigenvalue weighted by Crippen LogP contribution is -2.38. The number of carbonyl (C=O) groups is 3. The Morgan fingerprint density at radius 1 is 0.464 bits per heavy atom. The molecule has 0 bridgehead atoms. The van der Waals surface area contributed by atoms with Crippen molar-refractivity contribution in [2.75, 3.05) is 39.4 Å². The molecule has 0 heterocycles. The van der Waals surface area contributed by atoms with E-state index in [1.165, 1.54) is 109 Å². The van der Waals surface area contributed by atoms with Crippen LogP contribution in [0.2, 0.25) is 0 Å². The van der Waals surface area contributed by atoms with Gasteiger partial charge in [0.15, 0.2) is 6.10 Å². The van der Waals surface area contributed by atoms with E-state index in [-0.39, 0.29) is 25.2 Å². The second kappa shape index (κ2) is 43.8. The van der Waals surface area contributed by atoms with E-state index < -0.39 is 12.2 Å². The molecule has 0 saturated heterocycles. The molecule has 0 saturated carbocycles. The summed E-state index contributed by atoms with van der Waals surface area (Å²) in [6, 6.07) is 0. The molecule has 0 aromatic carbocycles. The van der Waals surface area contributed by atoms with Crippen molar-refractivity contribution >= 4 is 18.0 Å². The number of amides is 1. The molecule has 1 amide bonds. The number of unbranched alkanes of at least 4 members (excludes halogenated alkanes) is 22. The van der Waals surface area contributed by atoms with E-state index in [1.54, 1.807) is 0 Å². The standard InChI is InChI=1S/C48H90N2O6/c1-5-9-11-13-15-17-19-21-23-25-27-29-31-33-35-37-46(51)54-43-45(44-55-48(53)49-39-42-50(40-7-3)41-8-4)56-47(52)38-36-34-32-30-28-26-24-22-20-18-16-14-12-10-6-2/h21-24,45H,5-20,25-44H2,1-4H3,(H,49,53). The van der Waals surface area contributed by atoms with Gasteiger partial charge in [-0.3, -0.25) is 9.59 Å². The molecule has 8 nitrogen and oxygen atoms in total. The van der Waals surface area contributed by atoms with Gasteiger partial charge in [0, 0.05) is 25.9 Å². The van der Waals surface area contributed by atoms with Crippen LogP contribution in [0.25, 0.3) is 0 Å². The number of carbonyl (C=O) groups excluding carboxylic acids is 3. The van der Waals surface area contributed by atoms with Gasteiger partial charge in [0.25, 0.3) is 0 Å². The van der Waals surface area contributed by atoms with Crippen molar-refractivity contribution in [3.63, 3.8) is 0 Å². The van der Waals surface area contributed by atoms with Crippen LogP contribution in [0.5, 0.6) is 0 Å². The zero-order valence-corrected chi connectivity index (χ0v) is 37.2. The molecule has 0 aromatic heterocycles. The van der Waals surface area contributed by atoms with E-state index in [0.29, 0.717) is 19.4 Å². The van der Waals surface area contributed by atoms with Crippen molar-refractivity contribution in [1.82, 2.24) is 10.2 Å². The van der Waals surface area contributed by atoms with Crippen molar-refractivity contribution in [3.05, 3.63) is 24.3 Å². The summed E-state index contributed by atoms with van der Waals surface area (Å²) < 4.78 is 16.6. The predicted molar refractivity (Wildman–Crippen MR) is 236 cm³/mol. The zero-order chi connectivity index (χ0) is 41.0. The summed E-state index contributed by atoms with van der Waals surface area (Å²) >= 11 is 0. The molecule has 56 heavy (non-hydrogen) atoms. The Hall–Kier alpha value is -2.35. The first kappa shape index (κ1) is 53.6. The highest BCUT2D eigenvalue weighted by atomic mass is 16.6. The first-order chi connectivity index (χ1) is 27.5. The molecule has 328 valence electrons. The van der Waals surface area contributed by atoms with Gasteiger partial charge >= 0.3 is 18.0 Å². The largest absolute Gasteiger partial charge is 0.462 e. The van der Waals surface area contributed by atoms with Crippen molar-refractivity contribution < 1.29 is 28.6 Å². The summed E-state index contributed by atoms with van der Waals surface area (Å²) in [5, 5.41) is 2.80. The topological polar surface area (TPSA) is 94.2 Å². The van der Waals surface area contributed by atoms with Crippen molar-refractivity contribution in [2.24, 2.45) is 0 Å². The average molecular weight is 791 g/mol. The molecule has 0 aliphatic rings. The fourth-order valence-corrected chi connectivity index (χ4v) is 6.80. The highest BCUT2D eigenvalue weighted by molar-refractivity contribution is 5.70. The lowest BCUT2D eigenvalue weighted by Gasteiger charge is -2.21. The molecular weight excluding hydrogens is 701 g/mol. The molecule has 0 aliphatic carbocycles. The molecule has 0 fully saturated rings. The number of ether oxygens (including phenoxy) is 3. The Bertz CT molecular complexity index is 933. The molecule has 1 N–H and O–H groups in total. The van der Waals surface area contributed by atoms with Gasteiger partial charge in [0.1, 0.15) is 13.2 Å². The van der Waals surface area contributed by atoms with Gasteiger partial charge in [-0.1, -0.05) is 155 Å². The maximum absolute atomic E-state index is 12.7. The van der Waals surface area contributed by atoms with Gasteiger partial charge in [0.05, 0.1) is 0 Å². The number of rotatable bonds is 42. The number of nitrogens with one attached hydrogen (secondary N) is 1. The Labute approximate surface area is 346 Å². The lowest BCUT2D eigenvalue weighted by atomic mass is 10.1. The van der Waals surface area contributed by atoms with Gasteiger partial charge in [0.2, 0.25) is 0 Å². The summed E-state index contributed by atoms with van der Waals surface area (Å²) in [6.45, 7) is 11.7. The number of nitrogens with zero attached hydrogens (tertiary/aromatic N) is 1. The van der Waals surface area contributed by atoms with Crippen molar-refractivity contribution in [3.8, 4) is 0 Å². The molecule has 8 heteroatoms. The Kier molecular flexibility index (Phi) is 41.9. The molecule has 0 rings (SSSR count). The van der Waals surface area contributed by atoms with Gasteiger partial charge in [-0.05, 0) is 90.1 Å². The number of hydrogen-bond acceptors (Lipinski definition) is 7. The third-order valence-electron chi connectivity index (χ3n) is 10.2. The van der Waals surface area contributed by atoms with E-state index in [0.717, 1.165) is 90.3 Å². The first-order valence-electron chi connectivity index (χ1n) is 23.7. The second-order valence-electron chi connectivity index (χ2n) is 15.8. The SMILES string of the molecule is CCCCCCCCC=CCCCCCCCC(=O)OCC(COC(=O)NCCN(CCC)CCC)OC(=O)CCCCCCCC=CCCCCCCCC. The lowest BCUT2D eigenvalue weighted by molar-refractivity contribution is -0.161. The molecular formula is C48H90N2O6. The van der Waals surface area contributed by atoms with E-state index >= 15 is 0 Å². The number of esters is 2. The van der Waals surface area contributed by atoms with E-state index in [9.17, 15) is 14.4 Å². The maximum atomic E-state index is 12.7. The minimum absolute atomic E-state index is 0.115. The van der Waals surface area contributed by atoms with Gasteiger partial charge in [-0.25, -0.2) is 4.79 Å². The van der Waals surface area contributed by atoms with Gasteiger partial charge < -0.3 is 24.4 Å². The van der Waals surface area contributed by atoms with Crippen LogP contribution in [0.15, 0.2) is 24.3 Å². The van der Waals surface area contributed by atoms with Crippen LogP contribution in [0.3, 0.4) is 0 Å². The summed E-state index contributed by atoms with van der Waals surface area (Å²) in [7, 11) is 0. The third-order valence-corrected chi connectivity index (χ3v) is 10.2. The Morgan fingerprint density at radius 2 is 0.857 bits per heavy atom. The molecule has 0 spiro atoms. The number of alkyl carbamates (subject to hydrolysis) is 1. The zero-order valence-electron chi connectivity index (χ0n) is 37.2. The smallest absolute Gasteiger partial charge is 0.407 e. The summed E-state index contributed by atoms with van der Waals surface area (Å²) in [5.74, 6) is -0.656. The van der Waals surface area contributed by atoms with Crippen LogP contribution in [0.4, 0.5) is 4.79 Å². The minimum atomic E-state index is -0.828. The number of allylic oxidation sites excluding steroid dienone is 4. The van der Waals surface area contributed by atoms with Gasteiger partial charge in [-0.15, -0.1) is 0 Å². The van der Waals surface area contributed by atoms with Crippen LogP contribution < -0.4 is 5.32 Å². The Morgan fingerprint density at radius 3 is 1.30 bits per heavy atom. The minimum Gasteiger partial charge on any atom is -0.462 e. The summed E-state index contributed by atoms with van der Waals surface area (Å²) in [5.41, 5.74) is 0. The summed E-state index contributed by atoms with van der Waals surface area (Å²) in [6.07, 6.45) is 41.8. The molecule has 0 aliphatic heterocycles. The van der Waals surface area contributed by atoms with Crippen LogP contribution in [0, 0.1) is 0 Å². The molecule has 0 aromatic rings. The summed E-state index contributed by atoms with van der Waals surface area (Å²) in [4.78, 5) is 40.1. The van der Waals surface area contributed by atoms with Crippen molar-refractivity contribution in [1.29, 1.82) is 0 Å². The van der Waals surface area contributed by atoms with Crippen LogP contribution in [0.1, 0.15) is 220 Å². The first-order valence-corrected chi connectivity index (χ1v) is 23.7. The molecule has 0 radical (unpaired) electrons. The van der Waals surface area contributed by atoms with E-state index in [2.05, 4.69) is 62.2 Å². The quantitative estimate of drug-likeness (QED) is 0.0285. The van der Waals surface area contributed by atoms with Crippen molar-refractivity contribution in [2.45, 2.75) is 226 Å². The highest BCUT2D eigenvalue weighted by Gasteiger charge is 2.19. The Balaban J connectivity index is 4.41. The second-order valence-corrected chi connectivity index (χ2v) is 15.8.